The number of anilines is 6. The van der Waals surface area contributed by atoms with Crippen molar-refractivity contribution >= 4 is 56.3 Å². The highest BCUT2D eigenvalue weighted by Gasteiger charge is 2.20. The summed E-state index contributed by atoms with van der Waals surface area (Å²) in [4.78, 5) is 13.3. The van der Waals surface area contributed by atoms with Crippen molar-refractivity contribution in [1.82, 2.24) is 9.97 Å². The molecule has 40 heavy (non-hydrogen) atoms. The number of fused-ring (bicyclic) bond motifs is 2. The Kier molecular flexibility index (Phi) is 5.78. The van der Waals surface area contributed by atoms with E-state index in [1.165, 1.54) is 32.7 Å². The Morgan fingerprint density at radius 3 is 1.35 bits per heavy atom. The van der Waals surface area contributed by atoms with E-state index >= 15 is 0 Å². The van der Waals surface area contributed by atoms with Gasteiger partial charge in [0.05, 0.1) is 23.9 Å². The van der Waals surface area contributed by atoms with Gasteiger partial charge in [0.15, 0.2) is 0 Å². The Bertz CT molecular complexity index is 1770. The Morgan fingerprint density at radius 1 is 0.500 bits per heavy atom. The fraction of sp³-hybridized carbons (Fsp3) is 0.0588. The van der Waals surface area contributed by atoms with Crippen molar-refractivity contribution in [2.24, 2.45) is 0 Å². The Balaban J connectivity index is 1.40. The van der Waals surface area contributed by atoms with Crippen LogP contribution < -0.4 is 9.80 Å². The van der Waals surface area contributed by atoms with E-state index in [4.69, 9.17) is 8.83 Å². The first kappa shape index (κ1) is 23.7. The summed E-state index contributed by atoms with van der Waals surface area (Å²) < 4.78 is 11.6. The van der Waals surface area contributed by atoms with Crippen LogP contribution in [-0.2, 0) is 0 Å². The maximum Gasteiger partial charge on any atom is 0.205 e. The number of aromatic nitrogens is 2. The number of rotatable bonds is 6. The average Bonchev–Trinajstić information content (AvgIpc) is 3.73. The molecule has 4 heterocycles. The van der Waals surface area contributed by atoms with Crippen LogP contribution in [0.3, 0.4) is 0 Å². The first-order valence-corrected chi connectivity index (χ1v) is 13.1. The summed E-state index contributed by atoms with van der Waals surface area (Å²) in [7, 11) is 0. The molecule has 4 aromatic heterocycles. The second-order valence-electron chi connectivity index (χ2n) is 9.66. The summed E-state index contributed by atoms with van der Waals surface area (Å²) in [6.07, 6.45) is 6.96. The highest BCUT2D eigenvalue weighted by Crippen LogP contribution is 2.41. The molecule has 0 saturated carbocycles. The highest BCUT2D eigenvalue weighted by molar-refractivity contribution is 6.07. The maximum atomic E-state index is 5.81. The molecule has 0 radical (unpaired) electrons. The molecule has 0 bridgehead atoms. The van der Waals surface area contributed by atoms with Gasteiger partial charge in [-0.2, -0.15) is 0 Å². The largest absolute Gasteiger partial charge is 0.448 e. The third kappa shape index (κ3) is 3.98. The fourth-order valence-electron chi connectivity index (χ4n) is 5.42. The molecular formula is C34H26N4O2. The molecule has 6 heteroatoms. The first-order chi connectivity index (χ1) is 19.7. The topological polar surface area (TPSA) is 58.5 Å². The third-order valence-electron chi connectivity index (χ3n) is 7.35. The lowest BCUT2D eigenvalue weighted by atomic mass is 9.92. The summed E-state index contributed by atoms with van der Waals surface area (Å²) in [6, 6.07) is 32.6. The Morgan fingerprint density at radius 2 is 0.975 bits per heavy atom. The van der Waals surface area contributed by atoms with Crippen LogP contribution in [0.25, 0.3) is 21.5 Å². The van der Waals surface area contributed by atoms with Gasteiger partial charge in [-0.3, -0.25) is 9.80 Å². The van der Waals surface area contributed by atoms with Crippen molar-refractivity contribution in [1.29, 1.82) is 0 Å². The summed E-state index contributed by atoms with van der Waals surface area (Å²) in [5.74, 6) is 3.02. The van der Waals surface area contributed by atoms with Gasteiger partial charge >= 0.3 is 0 Å². The van der Waals surface area contributed by atoms with Gasteiger partial charge in [0.2, 0.25) is 11.8 Å². The van der Waals surface area contributed by atoms with Crippen LogP contribution in [0, 0.1) is 13.8 Å². The molecule has 194 valence electrons. The molecule has 7 rings (SSSR count). The van der Waals surface area contributed by atoms with Crippen molar-refractivity contribution in [2.75, 3.05) is 9.80 Å². The van der Waals surface area contributed by atoms with Crippen LogP contribution in [0.1, 0.15) is 11.1 Å². The lowest BCUT2D eigenvalue weighted by molar-refractivity contribution is 0.573. The predicted molar refractivity (Wildman–Crippen MR) is 160 cm³/mol. The van der Waals surface area contributed by atoms with Crippen LogP contribution in [0.4, 0.5) is 34.8 Å². The fourth-order valence-corrected chi connectivity index (χ4v) is 5.42. The lowest BCUT2D eigenvalue weighted by Crippen LogP contribution is -2.11. The van der Waals surface area contributed by atoms with E-state index in [2.05, 4.69) is 60.2 Å². The van der Waals surface area contributed by atoms with E-state index in [0.29, 0.717) is 11.8 Å². The molecule has 0 saturated heterocycles. The quantitative estimate of drug-likeness (QED) is 0.203. The zero-order valence-electron chi connectivity index (χ0n) is 22.2. The molecular weight excluding hydrogens is 496 g/mol. The maximum absolute atomic E-state index is 5.81. The summed E-state index contributed by atoms with van der Waals surface area (Å²) in [5, 5.41) is 4.79. The smallest absolute Gasteiger partial charge is 0.205 e. The molecule has 0 amide bonds. The molecule has 0 aliphatic rings. The van der Waals surface area contributed by atoms with Gasteiger partial charge in [-0.1, -0.05) is 24.3 Å². The monoisotopic (exact) mass is 522 g/mol. The van der Waals surface area contributed by atoms with Crippen molar-refractivity contribution in [2.45, 2.75) is 13.8 Å². The number of pyridine rings is 2. The number of furan rings is 2. The van der Waals surface area contributed by atoms with Crippen LogP contribution >= 0.6 is 0 Å². The van der Waals surface area contributed by atoms with Gasteiger partial charge in [-0.05, 0) is 107 Å². The van der Waals surface area contributed by atoms with Crippen LogP contribution in [0.5, 0.6) is 0 Å². The predicted octanol–water partition coefficient (Wildman–Crippen LogP) is 9.53. The number of nitrogens with zero attached hydrogens (tertiary/aromatic N) is 4. The number of hydrogen-bond donors (Lipinski definition) is 0. The van der Waals surface area contributed by atoms with Crippen LogP contribution in [0.2, 0.25) is 0 Å². The molecule has 0 aliphatic heterocycles. The molecule has 7 aromatic rings. The molecule has 0 spiro atoms. The second kappa shape index (κ2) is 9.75. The SMILES string of the molecule is Cc1c2ccc(N(c3ccccn3)c3ccco3)cc2c(C)c2ccc(N(c3ccccn3)c3ccco3)cc12. The standard InChI is InChI=1S/C34H26N4O2/c1-23-27-15-13-26(38(34-12-8-20-40-34)32-10-4-6-18-36-32)22-30(27)24(2)28-16-14-25(21-29(23)28)37(33-11-7-19-39-33)31-9-3-5-17-35-31/h3-22H,1-2H3. The first-order valence-electron chi connectivity index (χ1n) is 13.1. The normalized spacial score (nSPS) is 11.2. The van der Waals surface area contributed by atoms with Gasteiger partial charge in [-0.25, -0.2) is 9.97 Å². The summed E-state index contributed by atoms with van der Waals surface area (Å²) in [5.41, 5.74) is 4.40. The minimum Gasteiger partial charge on any atom is -0.448 e. The summed E-state index contributed by atoms with van der Waals surface area (Å²) in [6.45, 7) is 4.38. The number of benzene rings is 3. The lowest BCUT2D eigenvalue weighted by Gasteiger charge is -2.24. The van der Waals surface area contributed by atoms with Gasteiger partial charge in [0.25, 0.3) is 0 Å². The molecule has 0 atom stereocenters. The molecule has 0 aliphatic carbocycles. The van der Waals surface area contributed by atoms with E-state index in [1.54, 1.807) is 24.9 Å². The van der Waals surface area contributed by atoms with E-state index in [1.807, 2.05) is 70.5 Å². The molecule has 0 N–H and O–H groups in total. The summed E-state index contributed by atoms with van der Waals surface area (Å²) >= 11 is 0. The molecule has 0 fully saturated rings. The Labute approximate surface area is 231 Å². The van der Waals surface area contributed by atoms with E-state index < -0.39 is 0 Å². The highest BCUT2D eigenvalue weighted by atomic mass is 16.3. The number of hydrogen-bond acceptors (Lipinski definition) is 6. The van der Waals surface area contributed by atoms with Crippen molar-refractivity contribution in [3.8, 4) is 0 Å². The van der Waals surface area contributed by atoms with Gasteiger partial charge in [-0.15, -0.1) is 0 Å². The molecule has 3 aromatic carbocycles. The minimum absolute atomic E-state index is 0.713. The molecule has 6 nitrogen and oxygen atoms in total. The van der Waals surface area contributed by atoms with Gasteiger partial charge in [0.1, 0.15) is 11.6 Å². The Hall–Kier alpha value is -5.36. The zero-order chi connectivity index (χ0) is 27.1. The van der Waals surface area contributed by atoms with E-state index in [9.17, 15) is 0 Å². The van der Waals surface area contributed by atoms with Crippen LogP contribution in [-0.4, -0.2) is 9.97 Å². The van der Waals surface area contributed by atoms with Crippen LogP contribution in [0.15, 0.2) is 131 Å². The van der Waals surface area contributed by atoms with E-state index in [0.717, 1.165) is 23.0 Å². The van der Waals surface area contributed by atoms with E-state index in [-0.39, 0.29) is 0 Å². The number of aryl methyl sites for hydroxylation is 2. The molecule has 0 unspecified atom stereocenters. The van der Waals surface area contributed by atoms with Gasteiger partial charge in [0, 0.05) is 24.5 Å². The second-order valence-corrected chi connectivity index (χ2v) is 9.66. The zero-order valence-corrected chi connectivity index (χ0v) is 22.2. The third-order valence-corrected chi connectivity index (χ3v) is 7.35. The van der Waals surface area contributed by atoms with Crippen molar-refractivity contribution in [3.63, 3.8) is 0 Å². The average molecular weight is 523 g/mol. The minimum atomic E-state index is 0.713. The van der Waals surface area contributed by atoms with Gasteiger partial charge < -0.3 is 8.83 Å². The van der Waals surface area contributed by atoms with Crippen molar-refractivity contribution < 1.29 is 8.83 Å². The van der Waals surface area contributed by atoms with Crippen molar-refractivity contribution in [3.05, 3.63) is 133 Å².